The quantitative estimate of drug-likeness (QED) is 0.864. The molecule has 20 heavy (non-hydrogen) atoms. The maximum absolute atomic E-state index is 10.6. The highest BCUT2D eigenvalue weighted by molar-refractivity contribution is 8.22. The van der Waals surface area contributed by atoms with E-state index in [9.17, 15) is 9.11 Å². The van der Waals surface area contributed by atoms with Gasteiger partial charge in [0.05, 0.1) is 17.5 Å². The van der Waals surface area contributed by atoms with E-state index in [1.54, 1.807) is 11.4 Å². The van der Waals surface area contributed by atoms with Crippen molar-refractivity contribution in [2.45, 2.75) is 43.5 Å². The van der Waals surface area contributed by atoms with Gasteiger partial charge in [-0.05, 0) is 36.5 Å². The molecule has 1 fully saturated rings. The molecule has 0 amide bonds. The Kier molecular flexibility index (Phi) is 5.09. The third-order valence-corrected chi connectivity index (χ3v) is 5.91. The van der Waals surface area contributed by atoms with Crippen LogP contribution in [0.2, 0.25) is 0 Å². The van der Waals surface area contributed by atoms with Crippen molar-refractivity contribution >= 4 is 10.8 Å². The van der Waals surface area contributed by atoms with Gasteiger partial charge in [-0.3, -0.25) is 9.11 Å². The summed E-state index contributed by atoms with van der Waals surface area (Å²) in [5.74, 6) is 0.443. The Morgan fingerprint density at radius 3 is 2.50 bits per heavy atom. The molecule has 0 saturated carbocycles. The fraction of sp³-hybridized carbons (Fsp3) is 0.600. The monoisotopic (exact) mass is 299 g/mol. The molecule has 1 aromatic carbocycles. The highest BCUT2D eigenvalue weighted by atomic mass is 32.3. The van der Waals surface area contributed by atoms with Gasteiger partial charge in [-0.2, -0.15) is 4.31 Å². The fourth-order valence-corrected chi connectivity index (χ4v) is 4.41. The molecule has 114 valence electrons. The number of ether oxygens (including phenoxy) is 1. The van der Waals surface area contributed by atoms with Crippen molar-refractivity contribution in [1.29, 1.82) is 0 Å². The van der Waals surface area contributed by atoms with Crippen molar-refractivity contribution in [2.24, 2.45) is 0 Å². The van der Waals surface area contributed by atoms with Crippen molar-refractivity contribution in [3.05, 3.63) is 29.8 Å². The highest BCUT2D eigenvalue weighted by Gasteiger charge is 2.35. The van der Waals surface area contributed by atoms with Gasteiger partial charge < -0.3 is 4.74 Å². The lowest BCUT2D eigenvalue weighted by atomic mass is 10.0. The van der Waals surface area contributed by atoms with Crippen LogP contribution in [0.1, 0.15) is 38.2 Å². The number of hydrogen-bond acceptors (Lipinski definition) is 4. The second-order valence-electron chi connectivity index (χ2n) is 5.63. The van der Waals surface area contributed by atoms with E-state index < -0.39 is 10.8 Å². The third kappa shape index (κ3) is 3.18. The molecule has 5 heteroatoms. The summed E-state index contributed by atoms with van der Waals surface area (Å²) < 4.78 is 28.2. The molecule has 1 aliphatic heterocycles. The van der Waals surface area contributed by atoms with Crippen LogP contribution in [-0.4, -0.2) is 39.7 Å². The molecule has 0 bridgehead atoms. The standard InChI is InChI=1S/C15H25NO3S/c1-12(2)13-6-8-15(9-7-13)20(17,18)16-10-4-5-14(16)11-19-3/h6-9,12,14,17-18H,4-5,10-11H2,1-3H3. The summed E-state index contributed by atoms with van der Waals surface area (Å²) in [7, 11) is -1.25. The Balaban J connectivity index is 2.20. The molecular weight excluding hydrogens is 274 g/mol. The van der Waals surface area contributed by atoms with Crippen LogP contribution in [-0.2, 0) is 4.74 Å². The van der Waals surface area contributed by atoms with Crippen LogP contribution in [0.15, 0.2) is 29.2 Å². The van der Waals surface area contributed by atoms with Crippen LogP contribution >= 0.6 is 10.8 Å². The fourth-order valence-electron chi connectivity index (χ4n) is 2.67. The van der Waals surface area contributed by atoms with Gasteiger partial charge in [0.15, 0.2) is 0 Å². The van der Waals surface area contributed by atoms with Gasteiger partial charge in [-0.1, -0.05) is 26.0 Å². The summed E-state index contributed by atoms with van der Waals surface area (Å²) in [5, 5.41) is 0. The van der Waals surface area contributed by atoms with Crippen molar-refractivity contribution in [2.75, 3.05) is 20.3 Å². The summed E-state index contributed by atoms with van der Waals surface area (Å²) >= 11 is 0. The van der Waals surface area contributed by atoms with E-state index >= 15 is 0 Å². The van der Waals surface area contributed by atoms with E-state index in [-0.39, 0.29) is 6.04 Å². The predicted molar refractivity (Wildman–Crippen MR) is 83.2 cm³/mol. The number of hydrogen-bond donors (Lipinski definition) is 2. The van der Waals surface area contributed by atoms with E-state index in [0.29, 0.717) is 24.0 Å². The molecule has 1 aliphatic rings. The van der Waals surface area contributed by atoms with Gasteiger partial charge in [0.25, 0.3) is 0 Å². The second-order valence-corrected chi connectivity index (χ2v) is 7.61. The first kappa shape index (κ1) is 15.8. The molecule has 1 heterocycles. The Labute approximate surface area is 123 Å². The van der Waals surface area contributed by atoms with Crippen LogP contribution in [0, 0.1) is 0 Å². The molecule has 0 aromatic heterocycles. The number of rotatable bonds is 5. The summed E-state index contributed by atoms with van der Waals surface area (Å²) in [6.07, 6.45) is 1.93. The van der Waals surface area contributed by atoms with Crippen LogP contribution < -0.4 is 0 Å². The van der Waals surface area contributed by atoms with E-state index in [1.165, 1.54) is 5.56 Å². The minimum absolute atomic E-state index is 0.0924. The molecule has 1 unspecified atom stereocenters. The average molecular weight is 299 g/mol. The maximum atomic E-state index is 10.6. The predicted octanol–water partition coefficient (Wildman–Crippen LogP) is 3.95. The molecule has 2 rings (SSSR count). The van der Waals surface area contributed by atoms with Crippen LogP contribution in [0.5, 0.6) is 0 Å². The zero-order valence-electron chi connectivity index (χ0n) is 12.5. The molecule has 4 nitrogen and oxygen atoms in total. The molecular formula is C15H25NO3S. The Bertz CT molecular complexity index is 433. The zero-order valence-corrected chi connectivity index (χ0v) is 13.3. The minimum atomic E-state index is -2.90. The zero-order chi connectivity index (χ0) is 14.8. The molecule has 1 aromatic rings. The SMILES string of the molecule is COCC1CCCN1S(O)(O)c1ccc(C(C)C)cc1. The average Bonchev–Trinajstić information content (AvgIpc) is 2.88. The summed E-state index contributed by atoms with van der Waals surface area (Å²) in [5.41, 5.74) is 1.21. The third-order valence-electron chi connectivity index (χ3n) is 3.87. The molecule has 0 aliphatic carbocycles. The minimum Gasteiger partial charge on any atom is -0.383 e. The normalized spacial score (nSPS) is 21.6. The van der Waals surface area contributed by atoms with E-state index in [4.69, 9.17) is 4.74 Å². The van der Waals surface area contributed by atoms with Gasteiger partial charge in [-0.25, -0.2) is 0 Å². The van der Waals surface area contributed by atoms with Crippen LogP contribution in [0.3, 0.4) is 0 Å². The first-order valence-electron chi connectivity index (χ1n) is 7.10. The van der Waals surface area contributed by atoms with Crippen LogP contribution in [0.25, 0.3) is 0 Å². The summed E-state index contributed by atoms with van der Waals surface area (Å²) in [6, 6.07) is 7.74. The van der Waals surface area contributed by atoms with Crippen molar-refractivity contribution in [1.82, 2.24) is 4.31 Å². The highest BCUT2D eigenvalue weighted by Crippen LogP contribution is 2.54. The lowest BCUT2D eigenvalue weighted by molar-refractivity contribution is 0.144. The smallest absolute Gasteiger partial charge is 0.0752 e. The first-order chi connectivity index (χ1) is 9.46. The van der Waals surface area contributed by atoms with E-state index in [1.807, 2.05) is 24.3 Å². The molecule has 0 spiro atoms. The molecule has 1 saturated heterocycles. The lowest BCUT2D eigenvalue weighted by Crippen LogP contribution is -2.35. The topological polar surface area (TPSA) is 52.9 Å². The van der Waals surface area contributed by atoms with Gasteiger partial charge in [0, 0.05) is 13.7 Å². The van der Waals surface area contributed by atoms with Crippen LogP contribution in [0.4, 0.5) is 0 Å². The largest absolute Gasteiger partial charge is 0.383 e. The van der Waals surface area contributed by atoms with E-state index in [2.05, 4.69) is 13.8 Å². The van der Waals surface area contributed by atoms with Crippen molar-refractivity contribution < 1.29 is 13.8 Å². The maximum Gasteiger partial charge on any atom is 0.0752 e. The van der Waals surface area contributed by atoms with Crippen molar-refractivity contribution in [3.63, 3.8) is 0 Å². The first-order valence-corrected chi connectivity index (χ1v) is 8.61. The van der Waals surface area contributed by atoms with Gasteiger partial charge >= 0.3 is 0 Å². The Morgan fingerprint density at radius 1 is 1.30 bits per heavy atom. The summed E-state index contributed by atoms with van der Waals surface area (Å²) in [4.78, 5) is 0.602. The van der Waals surface area contributed by atoms with E-state index in [0.717, 1.165) is 12.8 Å². The second kappa shape index (κ2) is 6.45. The molecule has 1 atom stereocenters. The van der Waals surface area contributed by atoms with Crippen molar-refractivity contribution in [3.8, 4) is 0 Å². The molecule has 2 N–H and O–H groups in total. The Morgan fingerprint density at radius 2 is 1.95 bits per heavy atom. The molecule has 0 radical (unpaired) electrons. The van der Waals surface area contributed by atoms with Gasteiger partial charge in [0.1, 0.15) is 0 Å². The lowest BCUT2D eigenvalue weighted by Gasteiger charge is -2.43. The number of benzene rings is 1. The number of nitrogens with zero attached hydrogens (tertiary/aromatic N) is 1. The summed E-state index contributed by atoms with van der Waals surface area (Å²) in [6.45, 7) is 5.51. The van der Waals surface area contributed by atoms with Gasteiger partial charge in [0.2, 0.25) is 0 Å². The Hall–Kier alpha value is -0.590. The number of methoxy groups -OCH3 is 1. The van der Waals surface area contributed by atoms with Gasteiger partial charge in [-0.15, -0.1) is 10.8 Å².